The molecule has 2 heterocycles. The van der Waals surface area contributed by atoms with E-state index < -0.39 is 0 Å². The zero-order valence-electron chi connectivity index (χ0n) is 17.8. The number of nitrogens with zero attached hydrogens (tertiary/aromatic N) is 3. The lowest BCUT2D eigenvalue weighted by atomic mass is 9.85. The topological polar surface area (TPSA) is 77.0 Å². The minimum absolute atomic E-state index is 0.0304. The van der Waals surface area contributed by atoms with E-state index in [9.17, 15) is 9.59 Å². The molecule has 0 aromatic rings. The molecule has 2 aliphatic heterocycles. The van der Waals surface area contributed by atoms with Gasteiger partial charge in [0.25, 0.3) is 0 Å². The third kappa shape index (κ3) is 4.20. The first-order valence-corrected chi connectivity index (χ1v) is 11.3. The number of amides is 2. The van der Waals surface area contributed by atoms with Crippen LogP contribution < -0.4 is 10.6 Å². The molecule has 4 atom stereocenters. The van der Waals surface area contributed by atoms with Gasteiger partial charge in [0.05, 0.1) is 11.8 Å². The van der Waals surface area contributed by atoms with Crippen LogP contribution in [0.1, 0.15) is 32.6 Å². The summed E-state index contributed by atoms with van der Waals surface area (Å²) in [6, 6.07) is 0. The number of hydrogen-bond donors (Lipinski definition) is 2. The zero-order valence-corrected chi connectivity index (χ0v) is 17.8. The monoisotopic (exact) mass is 401 g/mol. The Kier molecular flexibility index (Phi) is 6.23. The van der Waals surface area contributed by atoms with E-state index in [0.717, 1.165) is 37.8 Å². The van der Waals surface area contributed by atoms with Gasteiger partial charge < -0.3 is 15.5 Å². The molecular formula is C22H35N5O2. The highest BCUT2D eigenvalue weighted by molar-refractivity contribution is 6.06. The van der Waals surface area contributed by atoms with Gasteiger partial charge in [-0.25, -0.2) is 0 Å². The molecule has 7 heteroatoms. The highest BCUT2D eigenvalue weighted by atomic mass is 16.2. The Bertz CT molecular complexity index is 653. The Morgan fingerprint density at radius 3 is 2.38 bits per heavy atom. The lowest BCUT2D eigenvalue weighted by molar-refractivity contribution is -0.140. The summed E-state index contributed by atoms with van der Waals surface area (Å²) in [4.78, 5) is 34.1. The van der Waals surface area contributed by atoms with Crippen LogP contribution >= 0.6 is 0 Å². The molecule has 2 saturated heterocycles. The van der Waals surface area contributed by atoms with Crippen LogP contribution in [-0.2, 0) is 9.59 Å². The number of allylic oxidation sites excluding steroid dienone is 2. The third-order valence-corrected chi connectivity index (χ3v) is 7.18. The first-order chi connectivity index (χ1) is 14.1. The van der Waals surface area contributed by atoms with E-state index in [1.54, 1.807) is 0 Å². The van der Waals surface area contributed by atoms with Gasteiger partial charge in [0.1, 0.15) is 0 Å². The van der Waals surface area contributed by atoms with Crippen LogP contribution in [-0.4, -0.2) is 73.9 Å². The van der Waals surface area contributed by atoms with Crippen molar-refractivity contribution in [2.45, 2.75) is 32.6 Å². The Hall–Kier alpha value is -1.89. The van der Waals surface area contributed by atoms with Gasteiger partial charge in [-0.1, -0.05) is 12.2 Å². The minimum Gasteiger partial charge on any atom is -0.357 e. The van der Waals surface area contributed by atoms with Gasteiger partial charge in [0, 0.05) is 26.2 Å². The van der Waals surface area contributed by atoms with Crippen molar-refractivity contribution in [1.29, 1.82) is 0 Å². The zero-order chi connectivity index (χ0) is 20.4. The molecule has 4 unspecified atom stereocenters. The Morgan fingerprint density at radius 2 is 1.76 bits per heavy atom. The molecule has 160 valence electrons. The van der Waals surface area contributed by atoms with E-state index in [2.05, 4.69) is 34.7 Å². The summed E-state index contributed by atoms with van der Waals surface area (Å²) in [7, 11) is 2.19. The molecular weight excluding hydrogens is 366 g/mol. The smallest absolute Gasteiger partial charge is 0.233 e. The quantitative estimate of drug-likeness (QED) is 0.289. The fourth-order valence-electron chi connectivity index (χ4n) is 5.52. The second-order valence-electron chi connectivity index (χ2n) is 9.05. The number of aliphatic imine (C=N–C) groups is 1. The van der Waals surface area contributed by atoms with Gasteiger partial charge in [-0.05, 0) is 70.5 Å². The fourth-order valence-corrected chi connectivity index (χ4v) is 5.52. The number of rotatable bonds is 7. The summed E-state index contributed by atoms with van der Waals surface area (Å²) in [6.45, 7) is 6.98. The maximum atomic E-state index is 12.8. The molecule has 29 heavy (non-hydrogen) atoms. The van der Waals surface area contributed by atoms with Crippen LogP contribution in [0.2, 0.25) is 0 Å². The molecule has 0 spiro atoms. The van der Waals surface area contributed by atoms with Crippen LogP contribution in [0.15, 0.2) is 17.1 Å². The van der Waals surface area contributed by atoms with Gasteiger partial charge in [0.15, 0.2) is 5.96 Å². The van der Waals surface area contributed by atoms with Crippen LogP contribution in [0.3, 0.4) is 0 Å². The summed E-state index contributed by atoms with van der Waals surface area (Å²) < 4.78 is 0. The van der Waals surface area contributed by atoms with Crippen molar-refractivity contribution in [3.63, 3.8) is 0 Å². The Morgan fingerprint density at radius 1 is 1.10 bits per heavy atom. The normalized spacial score (nSPS) is 32.3. The molecule has 0 aromatic heterocycles. The van der Waals surface area contributed by atoms with Crippen LogP contribution in [0.5, 0.6) is 0 Å². The van der Waals surface area contributed by atoms with Crippen molar-refractivity contribution in [1.82, 2.24) is 20.4 Å². The molecule has 2 bridgehead atoms. The second kappa shape index (κ2) is 8.86. The molecule has 2 amide bonds. The van der Waals surface area contributed by atoms with Crippen molar-refractivity contribution in [2.24, 2.45) is 34.6 Å². The molecule has 4 aliphatic rings. The van der Waals surface area contributed by atoms with E-state index in [0.29, 0.717) is 13.1 Å². The second-order valence-corrected chi connectivity index (χ2v) is 9.05. The minimum atomic E-state index is -0.103. The number of guanidine groups is 1. The van der Waals surface area contributed by atoms with Gasteiger partial charge >= 0.3 is 0 Å². The molecule has 0 radical (unpaired) electrons. The summed E-state index contributed by atoms with van der Waals surface area (Å²) in [5.74, 6) is 1.95. The summed E-state index contributed by atoms with van der Waals surface area (Å²) in [6.07, 6.45) is 8.89. The number of likely N-dealkylation sites (tertiary alicyclic amines) is 2. The standard InChI is InChI=1S/C22H35N5O2/c1-3-23-22(24-9-6-15-7-11-26(2)12-8-15)25-10-13-27-20(28)18-16-4-5-17(14-16)19(18)21(27)29/h4-5,15-19H,3,6-14H2,1-2H3,(H2,23,24,25). The number of carbonyl (C=O) groups excluding carboxylic acids is 2. The maximum Gasteiger partial charge on any atom is 0.233 e. The highest BCUT2D eigenvalue weighted by Gasteiger charge is 2.58. The van der Waals surface area contributed by atoms with Crippen LogP contribution in [0.4, 0.5) is 0 Å². The van der Waals surface area contributed by atoms with Crippen molar-refractivity contribution in [3.8, 4) is 0 Å². The molecule has 3 fully saturated rings. The number of imide groups is 1. The number of carbonyl (C=O) groups is 2. The molecule has 2 aliphatic carbocycles. The number of fused-ring (bicyclic) bond motifs is 5. The molecule has 2 N–H and O–H groups in total. The molecule has 1 saturated carbocycles. The van der Waals surface area contributed by atoms with Gasteiger partial charge in [0.2, 0.25) is 11.8 Å². The van der Waals surface area contributed by atoms with E-state index >= 15 is 0 Å². The SMILES string of the molecule is CCNC(=NCCC1CCN(C)CC1)NCCN1C(=O)C2C3C=CC(C3)C2C1=O. The number of piperidine rings is 1. The van der Waals surface area contributed by atoms with Crippen molar-refractivity contribution in [3.05, 3.63) is 12.2 Å². The lowest BCUT2D eigenvalue weighted by Gasteiger charge is -2.28. The molecule has 4 rings (SSSR count). The average molecular weight is 402 g/mol. The third-order valence-electron chi connectivity index (χ3n) is 7.18. The lowest BCUT2D eigenvalue weighted by Crippen LogP contribution is -2.43. The average Bonchev–Trinajstić information content (AvgIpc) is 3.39. The maximum absolute atomic E-state index is 12.8. The van der Waals surface area contributed by atoms with Gasteiger partial charge in [-0.15, -0.1) is 0 Å². The Labute approximate surface area is 174 Å². The Balaban J connectivity index is 1.23. The van der Waals surface area contributed by atoms with Crippen molar-refractivity contribution >= 4 is 17.8 Å². The van der Waals surface area contributed by atoms with E-state index in [-0.39, 0.29) is 35.5 Å². The van der Waals surface area contributed by atoms with E-state index in [1.807, 2.05) is 6.92 Å². The van der Waals surface area contributed by atoms with Crippen molar-refractivity contribution in [2.75, 3.05) is 46.3 Å². The van der Waals surface area contributed by atoms with Crippen molar-refractivity contribution < 1.29 is 9.59 Å². The predicted octanol–water partition coefficient (Wildman–Crippen LogP) is 1.08. The fraction of sp³-hybridized carbons (Fsp3) is 0.773. The van der Waals surface area contributed by atoms with Crippen LogP contribution in [0.25, 0.3) is 0 Å². The van der Waals surface area contributed by atoms with Gasteiger partial charge in [-0.2, -0.15) is 0 Å². The summed E-state index contributed by atoms with van der Waals surface area (Å²) in [5.41, 5.74) is 0. The largest absolute Gasteiger partial charge is 0.357 e. The predicted molar refractivity (Wildman–Crippen MR) is 113 cm³/mol. The van der Waals surface area contributed by atoms with E-state index in [4.69, 9.17) is 4.99 Å². The first-order valence-electron chi connectivity index (χ1n) is 11.3. The van der Waals surface area contributed by atoms with Crippen LogP contribution in [0, 0.1) is 29.6 Å². The molecule has 7 nitrogen and oxygen atoms in total. The summed E-state index contributed by atoms with van der Waals surface area (Å²) in [5, 5.41) is 6.58. The number of nitrogens with one attached hydrogen (secondary N) is 2. The molecule has 0 aromatic carbocycles. The summed E-state index contributed by atoms with van der Waals surface area (Å²) >= 11 is 0. The van der Waals surface area contributed by atoms with Gasteiger partial charge in [-0.3, -0.25) is 19.5 Å². The number of hydrogen-bond acceptors (Lipinski definition) is 4. The van der Waals surface area contributed by atoms with E-state index in [1.165, 1.54) is 30.8 Å². The first kappa shape index (κ1) is 20.4. The highest BCUT2D eigenvalue weighted by Crippen LogP contribution is 2.52.